The van der Waals surface area contributed by atoms with E-state index in [4.69, 9.17) is 11.2 Å². The number of rotatable bonds is 1. The Morgan fingerprint density at radius 3 is 2.88 bits per heavy atom. The third kappa shape index (κ3) is 2.30. The Kier molecular flexibility index (Phi) is 4.05. The lowest BCUT2D eigenvalue weighted by atomic mass is 9.39. The number of benzene rings is 1. The molecule has 3 saturated carbocycles. The van der Waals surface area contributed by atoms with Crippen LogP contribution in [-0.2, 0) is 11.2 Å². The lowest BCUT2D eigenvalue weighted by Crippen LogP contribution is -2.59. The number of carbonyl (C=O) groups excluding carboxylic acids is 1. The van der Waals surface area contributed by atoms with Gasteiger partial charge in [0, 0.05) is 17.3 Å². The molecule has 1 spiro atoms. The van der Waals surface area contributed by atoms with Crippen LogP contribution >= 0.6 is 0 Å². The van der Waals surface area contributed by atoms with Crippen molar-refractivity contribution in [3.8, 4) is 18.1 Å². The van der Waals surface area contributed by atoms with Crippen LogP contribution in [-0.4, -0.2) is 23.6 Å². The van der Waals surface area contributed by atoms with Gasteiger partial charge in [-0.05, 0) is 97.1 Å². The summed E-state index contributed by atoms with van der Waals surface area (Å²) < 4.78 is 5.58. The maximum absolute atomic E-state index is 12.5. The van der Waals surface area contributed by atoms with Crippen LogP contribution in [0.5, 0.6) is 5.75 Å². The Hall–Kier alpha value is -2.31. The first-order valence-corrected chi connectivity index (χ1v) is 12.1. The molecule has 6 rings (SSSR count). The highest BCUT2D eigenvalue weighted by molar-refractivity contribution is 5.92. The van der Waals surface area contributed by atoms with Gasteiger partial charge in [-0.2, -0.15) is 0 Å². The van der Waals surface area contributed by atoms with Crippen LogP contribution in [0.15, 0.2) is 42.0 Å². The molecular formula is C29H32O3. The standard InChI is InChI=1S/C29H32O3/c1-5-29(31)11-9-24-22-12-17(2)25-14-19(30)8-10-28(25)15-18-13-20(32-4)6-7-21(18)23(26(22)28)16-27(24,29)3/h1,6-7,13-14,22-24,26,31H,2,8-12,15-16H2,3-4H3/t22-,23?,24-,26?,27-,28+,29-/m0/s1. The van der Waals surface area contributed by atoms with Gasteiger partial charge in [0.25, 0.3) is 0 Å². The normalized spacial score (nSPS) is 43.9. The molecule has 0 aromatic heterocycles. The topological polar surface area (TPSA) is 46.5 Å². The minimum atomic E-state index is -1.06. The van der Waals surface area contributed by atoms with Crippen molar-refractivity contribution in [3.63, 3.8) is 0 Å². The Bertz CT molecular complexity index is 1120. The fourth-order valence-corrected chi connectivity index (χ4v) is 8.94. The predicted octanol–water partition coefficient (Wildman–Crippen LogP) is 4.99. The van der Waals surface area contributed by atoms with Crippen LogP contribution in [0.1, 0.15) is 62.5 Å². The molecule has 0 aliphatic heterocycles. The summed E-state index contributed by atoms with van der Waals surface area (Å²) in [4.78, 5) is 12.5. The molecule has 3 nitrogen and oxygen atoms in total. The summed E-state index contributed by atoms with van der Waals surface area (Å²) in [6.45, 7) is 6.74. The molecule has 32 heavy (non-hydrogen) atoms. The van der Waals surface area contributed by atoms with Crippen molar-refractivity contribution in [2.75, 3.05) is 7.11 Å². The highest BCUT2D eigenvalue weighted by Gasteiger charge is 2.68. The molecule has 166 valence electrons. The van der Waals surface area contributed by atoms with Crippen LogP contribution in [0.25, 0.3) is 0 Å². The van der Waals surface area contributed by atoms with Crippen molar-refractivity contribution < 1.29 is 14.6 Å². The molecule has 0 radical (unpaired) electrons. The van der Waals surface area contributed by atoms with E-state index in [1.165, 1.54) is 16.7 Å². The van der Waals surface area contributed by atoms with E-state index in [1.54, 1.807) is 7.11 Å². The minimum absolute atomic E-state index is 0.0455. The van der Waals surface area contributed by atoms with Crippen LogP contribution in [0.2, 0.25) is 0 Å². The van der Waals surface area contributed by atoms with Crippen molar-refractivity contribution in [3.05, 3.63) is 53.1 Å². The third-order valence-corrected chi connectivity index (χ3v) is 10.3. The second kappa shape index (κ2) is 6.39. The molecule has 0 heterocycles. The van der Waals surface area contributed by atoms with Crippen LogP contribution in [0.4, 0.5) is 0 Å². The maximum atomic E-state index is 12.5. The first kappa shape index (κ1) is 20.3. The Morgan fingerprint density at radius 1 is 1.31 bits per heavy atom. The number of ketones is 1. The van der Waals surface area contributed by atoms with E-state index in [0.717, 1.165) is 43.4 Å². The van der Waals surface area contributed by atoms with E-state index in [0.29, 0.717) is 36.5 Å². The maximum Gasteiger partial charge on any atom is 0.156 e. The number of fused-ring (bicyclic) bond motifs is 4. The number of hydrogen-bond acceptors (Lipinski definition) is 3. The van der Waals surface area contributed by atoms with Gasteiger partial charge in [0.1, 0.15) is 11.4 Å². The van der Waals surface area contributed by atoms with E-state index in [9.17, 15) is 9.90 Å². The summed E-state index contributed by atoms with van der Waals surface area (Å²) in [6, 6.07) is 6.51. The number of aliphatic hydroxyl groups is 1. The van der Waals surface area contributed by atoms with Gasteiger partial charge in [-0.3, -0.25) is 4.79 Å². The number of hydrogen-bond donors (Lipinski definition) is 1. The van der Waals surface area contributed by atoms with E-state index >= 15 is 0 Å². The SMILES string of the molecule is C#C[C@]1(O)CC[C@H]2[C@@H]3CC(=C)C4=CC(=O)CC[C@@]45Cc4cc(OC)ccc4C(C[C@@]21C)C35. The monoisotopic (exact) mass is 428 g/mol. The van der Waals surface area contributed by atoms with Crippen molar-refractivity contribution in [2.24, 2.45) is 28.6 Å². The fraction of sp³-hybridized carbons (Fsp3) is 0.552. The average Bonchev–Trinajstić information content (AvgIpc) is 3.05. The van der Waals surface area contributed by atoms with Gasteiger partial charge in [0.15, 0.2) is 5.78 Å². The lowest BCUT2D eigenvalue weighted by molar-refractivity contribution is -0.123. The first-order valence-electron chi connectivity index (χ1n) is 12.1. The van der Waals surface area contributed by atoms with Crippen molar-refractivity contribution in [1.29, 1.82) is 0 Å². The molecule has 3 fully saturated rings. The van der Waals surface area contributed by atoms with Crippen molar-refractivity contribution >= 4 is 5.78 Å². The summed E-state index contributed by atoms with van der Waals surface area (Å²) >= 11 is 0. The number of allylic oxidation sites excluding steroid dienone is 2. The number of methoxy groups -OCH3 is 1. The Morgan fingerprint density at radius 2 is 2.12 bits per heavy atom. The predicted molar refractivity (Wildman–Crippen MR) is 124 cm³/mol. The van der Waals surface area contributed by atoms with E-state index in [2.05, 4.69) is 37.6 Å². The quantitative estimate of drug-likeness (QED) is 0.641. The molecule has 5 aliphatic carbocycles. The molecule has 0 saturated heterocycles. The molecule has 5 aliphatic rings. The molecule has 3 heteroatoms. The van der Waals surface area contributed by atoms with Crippen LogP contribution < -0.4 is 4.74 Å². The molecule has 1 aromatic carbocycles. The molecule has 2 unspecified atom stereocenters. The summed E-state index contributed by atoms with van der Waals surface area (Å²) in [5.74, 6) is 5.54. The molecule has 0 amide bonds. The highest BCUT2D eigenvalue weighted by Crippen LogP contribution is 2.73. The summed E-state index contributed by atoms with van der Waals surface area (Å²) in [7, 11) is 1.71. The lowest BCUT2D eigenvalue weighted by Gasteiger charge is -2.65. The van der Waals surface area contributed by atoms with Gasteiger partial charge >= 0.3 is 0 Å². The second-order valence-corrected chi connectivity index (χ2v) is 11.3. The fourth-order valence-electron chi connectivity index (χ4n) is 8.94. The third-order valence-electron chi connectivity index (χ3n) is 10.3. The number of carbonyl (C=O) groups is 1. The Balaban J connectivity index is 1.60. The van der Waals surface area contributed by atoms with Gasteiger partial charge in [-0.15, -0.1) is 6.42 Å². The summed E-state index contributed by atoms with van der Waals surface area (Å²) in [5, 5.41) is 11.6. The van der Waals surface area contributed by atoms with Gasteiger partial charge in [-0.25, -0.2) is 0 Å². The summed E-state index contributed by atoms with van der Waals surface area (Å²) in [5.41, 5.74) is 3.64. The van der Waals surface area contributed by atoms with Crippen molar-refractivity contribution in [1.82, 2.24) is 0 Å². The van der Waals surface area contributed by atoms with Crippen molar-refractivity contribution in [2.45, 2.75) is 63.4 Å². The zero-order valence-electron chi connectivity index (χ0n) is 19.1. The minimum Gasteiger partial charge on any atom is -0.497 e. The molecule has 1 aromatic rings. The zero-order valence-corrected chi connectivity index (χ0v) is 19.1. The second-order valence-electron chi connectivity index (χ2n) is 11.3. The Labute approximate surface area is 190 Å². The molecule has 1 N–H and O–H groups in total. The zero-order chi connectivity index (χ0) is 22.5. The van der Waals surface area contributed by atoms with Crippen LogP contribution in [0, 0.1) is 40.9 Å². The largest absolute Gasteiger partial charge is 0.497 e. The number of terminal acetylenes is 1. The van der Waals surface area contributed by atoms with Gasteiger partial charge < -0.3 is 9.84 Å². The molecule has 7 atom stereocenters. The van der Waals surface area contributed by atoms with Gasteiger partial charge in [0.05, 0.1) is 7.11 Å². The number of ether oxygens (including phenoxy) is 1. The summed E-state index contributed by atoms with van der Waals surface area (Å²) in [6.07, 6.45) is 13.8. The van der Waals surface area contributed by atoms with Crippen LogP contribution in [0.3, 0.4) is 0 Å². The highest BCUT2D eigenvalue weighted by atomic mass is 16.5. The van der Waals surface area contributed by atoms with E-state index in [1.807, 2.05) is 6.08 Å². The molecular weight excluding hydrogens is 396 g/mol. The van der Waals surface area contributed by atoms with Gasteiger partial charge in [0.2, 0.25) is 0 Å². The smallest absolute Gasteiger partial charge is 0.156 e. The van der Waals surface area contributed by atoms with E-state index in [-0.39, 0.29) is 16.6 Å². The molecule has 0 bridgehead atoms. The average molecular weight is 429 g/mol. The van der Waals surface area contributed by atoms with Gasteiger partial charge in [-0.1, -0.05) is 31.1 Å². The first-order chi connectivity index (χ1) is 15.3. The van der Waals surface area contributed by atoms with E-state index < -0.39 is 5.60 Å².